The van der Waals surface area contributed by atoms with Gasteiger partial charge in [-0.05, 0) is 19.3 Å². The summed E-state index contributed by atoms with van der Waals surface area (Å²) in [4.78, 5) is 28.1. The Morgan fingerprint density at radius 1 is 1.32 bits per heavy atom. The van der Waals surface area contributed by atoms with Crippen LogP contribution in [0.25, 0.3) is 0 Å². The number of ether oxygens (including phenoxy) is 1. The van der Waals surface area contributed by atoms with Gasteiger partial charge in [0.25, 0.3) is 5.91 Å². The van der Waals surface area contributed by atoms with E-state index >= 15 is 0 Å². The van der Waals surface area contributed by atoms with Crippen molar-refractivity contribution in [2.24, 2.45) is 0 Å². The summed E-state index contributed by atoms with van der Waals surface area (Å²) in [6.45, 7) is 2.14. The first-order valence-corrected chi connectivity index (χ1v) is 11.1. The molecule has 2 amide bonds. The Labute approximate surface area is 155 Å². The van der Waals surface area contributed by atoms with Crippen molar-refractivity contribution in [3.05, 3.63) is 15.3 Å². The number of cyclic esters (lactones) is 1. The Kier molecular flexibility index (Phi) is 5.26. The van der Waals surface area contributed by atoms with Gasteiger partial charge in [0.05, 0.1) is 16.5 Å². The van der Waals surface area contributed by atoms with Crippen LogP contribution in [0.4, 0.5) is 4.79 Å². The van der Waals surface area contributed by atoms with Crippen molar-refractivity contribution < 1.29 is 22.7 Å². The summed E-state index contributed by atoms with van der Waals surface area (Å²) in [5.74, 6) is -0.260. The quantitative estimate of drug-likeness (QED) is 0.768. The molecule has 2 saturated heterocycles. The summed E-state index contributed by atoms with van der Waals surface area (Å²) in [6, 6.07) is 0.0715. The molecule has 0 N–H and O–H groups in total. The second kappa shape index (κ2) is 7.13. The summed E-state index contributed by atoms with van der Waals surface area (Å²) >= 11 is 7.15. The normalized spacial score (nSPS) is 19.8. The Hall–Kier alpha value is -1.32. The fraction of sp³-hybridized carbons (Fsp3) is 0.600. The molecule has 0 bridgehead atoms. The maximum Gasteiger partial charge on any atom is 0.410 e. The molecule has 0 unspecified atom stereocenters. The number of hydrogen-bond donors (Lipinski definition) is 0. The van der Waals surface area contributed by atoms with E-state index in [0.29, 0.717) is 39.1 Å². The second-order valence-corrected chi connectivity index (χ2v) is 9.44. The third-order valence-corrected chi connectivity index (χ3v) is 7.34. The molecule has 3 heterocycles. The fourth-order valence-electron chi connectivity index (χ4n) is 3.15. The number of thiophene rings is 1. The van der Waals surface area contributed by atoms with Crippen LogP contribution in [0, 0.1) is 0 Å². The first-order valence-electron chi connectivity index (χ1n) is 7.98. The van der Waals surface area contributed by atoms with Crippen LogP contribution < -0.4 is 0 Å². The molecule has 0 aromatic carbocycles. The predicted molar refractivity (Wildman–Crippen MR) is 94.0 cm³/mol. The maximum atomic E-state index is 12.7. The Morgan fingerprint density at radius 2 is 2.00 bits per heavy atom. The number of nitrogens with zero attached hydrogens (tertiary/aromatic N) is 2. The number of amides is 2. The van der Waals surface area contributed by atoms with E-state index < -0.39 is 9.84 Å². The minimum atomic E-state index is -3.46. The van der Waals surface area contributed by atoms with Gasteiger partial charge >= 0.3 is 6.09 Å². The van der Waals surface area contributed by atoms with Crippen molar-refractivity contribution >= 4 is 44.8 Å². The third-order valence-electron chi connectivity index (χ3n) is 4.49. The molecule has 0 radical (unpaired) electrons. The minimum Gasteiger partial charge on any atom is -0.449 e. The summed E-state index contributed by atoms with van der Waals surface area (Å²) < 4.78 is 28.4. The average Bonchev–Trinajstić information content (AvgIpc) is 2.97. The van der Waals surface area contributed by atoms with Crippen molar-refractivity contribution in [2.75, 3.05) is 32.5 Å². The van der Waals surface area contributed by atoms with E-state index in [1.807, 2.05) is 0 Å². The van der Waals surface area contributed by atoms with Gasteiger partial charge < -0.3 is 14.5 Å². The van der Waals surface area contributed by atoms with E-state index in [4.69, 9.17) is 16.3 Å². The summed E-state index contributed by atoms with van der Waals surface area (Å²) in [5, 5.41) is 1.40. The fourth-order valence-corrected chi connectivity index (χ4v) is 6.02. The lowest BCUT2D eigenvalue weighted by atomic mass is 10.0. The summed E-state index contributed by atoms with van der Waals surface area (Å²) in [5.41, 5.74) is 0. The zero-order valence-corrected chi connectivity index (χ0v) is 16.1. The molecule has 3 rings (SSSR count). The average molecular weight is 407 g/mol. The van der Waals surface area contributed by atoms with E-state index in [1.54, 1.807) is 9.80 Å². The molecule has 2 aliphatic rings. The molecule has 138 valence electrons. The topological polar surface area (TPSA) is 84.0 Å². The molecule has 0 atom stereocenters. The first kappa shape index (κ1) is 18.5. The second-order valence-electron chi connectivity index (χ2n) is 6.20. The van der Waals surface area contributed by atoms with Crippen molar-refractivity contribution in [3.8, 4) is 0 Å². The minimum absolute atomic E-state index is 0.000711. The standard InChI is InChI=1S/C15H19ClN2O5S2/c1-25(21,22)11-9-24-13(12(11)16)14(19)17-6-3-10(4-7-17)18-5-2-8-23-15(18)20/h9-10H,2-8H2,1H3. The lowest BCUT2D eigenvalue weighted by Gasteiger charge is -2.39. The van der Waals surface area contributed by atoms with Crippen molar-refractivity contribution in [1.82, 2.24) is 9.80 Å². The monoisotopic (exact) mass is 406 g/mol. The molecule has 1 aromatic heterocycles. The van der Waals surface area contributed by atoms with E-state index in [2.05, 4.69) is 0 Å². The van der Waals surface area contributed by atoms with Crippen molar-refractivity contribution in [1.29, 1.82) is 0 Å². The molecule has 25 heavy (non-hydrogen) atoms. The van der Waals surface area contributed by atoms with Gasteiger partial charge in [0.15, 0.2) is 9.84 Å². The van der Waals surface area contributed by atoms with Gasteiger partial charge in [-0.25, -0.2) is 13.2 Å². The van der Waals surface area contributed by atoms with E-state index in [0.717, 1.165) is 24.0 Å². The molecule has 10 heteroatoms. The van der Waals surface area contributed by atoms with Gasteiger partial charge in [-0.15, -0.1) is 11.3 Å². The van der Waals surface area contributed by atoms with Crippen molar-refractivity contribution in [3.63, 3.8) is 0 Å². The highest BCUT2D eigenvalue weighted by molar-refractivity contribution is 7.91. The number of halogens is 1. The highest BCUT2D eigenvalue weighted by atomic mass is 35.5. The summed E-state index contributed by atoms with van der Waals surface area (Å²) in [6.07, 6.45) is 2.95. The van der Waals surface area contributed by atoms with Crippen LogP contribution in [0.15, 0.2) is 10.3 Å². The Bertz CT molecular complexity index is 784. The number of sulfone groups is 1. The van der Waals surface area contributed by atoms with Gasteiger partial charge in [0.1, 0.15) is 4.88 Å². The predicted octanol–water partition coefficient (Wildman–Crippen LogP) is 2.25. The molecule has 2 fully saturated rings. The maximum absolute atomic E-state index is 12.7. The number of carbonyl (C=O) groups is 2. The highest BCUT2D eigenvalue weighted by Crippen LogP contribution is 2.33. The first-order chi connectivity index (χ1) is 11.8. The van der Waals surface area contributed by atoms with E-state index in [-0.39, 0.29) is 32.8 Å². The molecule has 0 saturated carbocycles. The van der Waals surface area contributed by atoms with E-state index in [9.17, 15) is 18.0 Å². The molecule has 0 aliphatic carbocycles. The van der Waals surface area contributed by atoms with Gasteiger partial charge in [-0.3, -0.25) is 4.79 Å². The lowest BCUT2D eigenvalue weighted by molar-refractivity contribution is 0.0358. The van der Waals surface area contributed by atoms with Crippen molar-refractivity contribution in [2.45, 2.75) is 30.2 Å². The zero-order chi connectivity index (χ0) is 18.2. The highest BCUT2D eigenvalue weighted by Gasteiger charge is 2.33. The van der Waals surface area contributed by atoms with Gasteiger partial charge in [-0.2, -0.15) is 0 Å². The van der Waals surface area contributed by atoms with Crippen LogP contribution in [0.1, 0.15) is 28.9 Å². The number of likely N-dealkylation sites (tertiary alicyclic amines) is 1. The number of piperidine rings is 1. The van der Waals surface area contributed by atoms with Crippen LogP contribution in [-0.2, 0) is 14.6 Å². The molecule has 2 aliphatic heterocycles. The zero-order valence-electron chi connectivity index (χ0n) is 13.7. The smallest absolute Gasteiger partial charge is 0.410 e. The number of rotatable bonds is 3. The van der Waals surface area contributed by atoms with E-state index in [1.165, 1.54) is 5.38 Å². The molecular formula is C15H19ClN2O5S2. The van der Waals surface area contributed by atoms with Crippen LogP contribution in [0.3, 0.4) is 0 Å². The van der Waals surface area contributed by atoms with Gasteiger partial charge in [0, 0.05) is 37.3 Å². The van der Waals surface area contributed by atoms with Gasteiger partial charge in [-0.1, -0.05) is 11.6 Å². The number of hydrogen-bond acceptors (Lipinski definition) is 6. The van der Waals surface area contributed by atoms with Gasteiger partial charge in [0.2, 0.25) is 0 Å². The number of carbonyl (C=O) groups excluding carboxylic acids is 2. The third kappa shape index (κ3) is 3.78. The van der Waals surface area contributed by atoms with Crippen LogP contribution in [-0.4, -0.2) is 68.8 Å². The Morgan fingerprint density at radius 3 is 2.56 bits per heavy atom. The molecule has 0 spiro atoms. The van der Waals surface area contributed by atoms with Crippen LogP contribution in [0.2, 0.25) is 5.02 Å². The molecule has 1 aromatic rings. The lowest BCUT2D eigenvalue weighted by Crippen LogP contribution is -2.50. The molecular weight excluding hydrogens is 388 g/mol. The summed E-state index contributed by atoms with van der Waals surface area (Å²) in [7, 11) is -3.46. The molecule has 7 nitrogen and oxygen atoms in total. The Balaban J connectivity index is 1.66. The SMILES string of the molecule is CS(=O)(=O)c1csc(C(=O)N2CCC(N3CCCOC3=O)CC2)c1Cl. The van der Waals surface area contributed by atoms with Crippen LogP contribution in [0.5, 0.6) is 0 Å². The van der Waals surface area contributed by atoms with Crippen LogP contribution >= 0.6 is 22.9 Å². The largest absolute Gasteiger partial charge is 0.449 e.